The molecule has 7 heteroatoms. The summed E-state index contributed by atoms with van der Waals surface area (Å²) in [6.45, 7) is 5.33. The Morgan fingerprint density at radius 3 is 2.62 bits per heavy atom. The van der Waals surface area contributed by atoms with Crippen molar-refractivity contribution in [2.75, 3.05) is 32.4 Å². The monoisotopic (exact) mass is 271 g/mol. The van der Waals surface area contributed by atoms with Crippen molar-refractivity contribution in [1.29, 1.82) is 0 Å². The smallest absolute Gasteiger partial charge is 0.208 e. The van der Waals surface area contributed by atoms with Gasteiger partial charge in [0.05, 0.1) is 6.26 Å². The van der Waals surface area contributed by atoms with E-state index in [1.54, 1.807) is 0 Å². The van der Waals surface area contributed by atoms with Crippen molar-refractivity contribution in [2.45, 2.75) is 19.4 Å². The second-order valence-corrected chi connectivity index (χ2v) is 6.23. The number of hydrogen-bond donors (Lipinski definition) is 2. The van der Waals surface area contributed by atoms with Crippen molar-refractivity contribution in [1.82, 2.24) is 9.62 Å². The second-order valence-electron chi connectivity index (χ2n) is 4.40. The minimum atomic E-state index is -3.05. The first-order valence-electron chi connectivity index (χ1n) is 5.31. The largest absolute Gasteiger partial charge is 0.327 e. The number of piperidine rings is 1. The topological polar surface area (TPSA) is 75.4 Å². The molecule has 16 heavy (non-hydrogen) atoms. The van der Waals surface area contributed by atoms with Crippen molar-refractivity contribution in [3.05, 3.63) is 0 Å². The Balaban J connectivity index is 0.00000225. The highest BCUT2D eigenvalue weighted by atomic mass is 35.5. The molecule has 1 fully saturated rings. The molecule has 0 aromatic rings. The summed E-state index contributed by atoms with van der Waals surface area (Å²) in [6.07, 6.45) is 2.18. The van der Waals surface area contributed by atoms with Crippen molar-refractivity contribution < 1.29 is 8.42 Å². The lowest BCUT2D eigenvalue weighted by atomic mass is 9.95. The Morgan fingerprint density at radius 1 is 1.50 bits per heavy atom. The van der Waals surface area contributed by atoms with Crippen molar-refractivity contribution in [3.8, 4) is 0 Å². The van der Waals surface area contributed by atoms with Gasteiger partial charge in [0.25, 0.3) is 0 Å². The van der Waals surface area contributed by atoms with Crippen LogP contribution in [0.2, 0.25) is 0 Å². The maximum absolute atomic E-state index is 10.8. The zero-order valence-corrected chi connectivity index (χ0v) is 11.5. The second kappa shape index (κ2) is 6.76. The van der Waals surface area contributed by atoms with Crippen molar-refractivity contribution in [3.63, 3.8) is 0 Å². The van der Waals surface area contributed by atoms with E-state index in [1.165, 1.54) is 6.26 Å². The van der Waals surface area contributed by atoms with Crippen LogP contribution < -0.4 is 10.5 Å². The number of nitrogens with zero attached hydrogens (tertiary/aromatic N) is 1. The minimum absolute atomic E-state index is 0. The highest BCUT2D eigenvalue weighted by Gasteiger charge is 2.22. The fourth-order valence-corrected chi connectivity index (χ4v) is 2.30. The highest BCUT2D eigenvalue weighted by molar-refractivity contribution is 7.88. The van der Waals surface area contributed by atoms with Crippen molar-refractivity contribution in [2.24, 2.45) is 11.7 Å². The molecule has 1 aliphatic rings. The molecule has 5 nitrogen and oxygen atoms in total. The average molecular weight is 272 g/mol. The average Bonchev–Trinajstić information content (AvgIpc) is 2.09. The zero-order chi connectivity index (χ0) is 11.5. The number of nitrogens with two attached hydrogens (primary N) is 1. The predicted octanol–water partition coefficient (Wildman–Crippen LogP) is -0.373. The van der Waals surface area contributed by atoms with E-state index < -0.39 is 10.0 Å². The van der Waals surface area contributed by atoms with Crippen LogP contribution in [-0.4, -0.2) is 51.8 Å². The summed E-state index contributed by atoms with van der Waals surface area (Å²) in [5.74, 6) is 0.497. The summed E-state index contributed by atoms with van der Waals surface area (Å²) in [7, 11) is -3.05. The SMILES string of the molecule is CC1CN(CCNS(C)(=O)=O)CCC1N.Cl. The van der Waals surface area contributed by atoms with Crippen LogP contribution >= 0.6 is 12.4 Å². The van der Waals surface area contributed by atoms with Gasteiger partial charge in [-0.1, -0.05) is 6.92 Å². The molecule has 0 saturated carbocycles. The molecular weight excluding hydrogens is 250 g/mol. The van der Waals surface area contributed by atoms with Gasteiger partial charge < -0.3 is 10.6 Å². The number of nitrogens with one attached hydrogen (secondary N) is 1. The maximum atomic E-state index is 10.8. The van der Waals surface area contributed by atoms with Crippen LogP contribution in [0.25, 0.3) is 0 Å². The van der Waals surface area contributed by atoms with Gasteiger partial charge in [0.2, 0.25) is 10.0 Å². The summed E-state index contributed by atoms with van der Waals surface area (Å²) in [6, 6.07) is 0.295. The summed E-state index contributed by atoms with van der Waals surface area (Å²) in [5.41, 5.74) is 5.90. The van der Waals surface area contributed by atoms with E-state index in [0.29, 0.717) is 18.5 Å². The number of rotatable bonds is 4. The van der Waals surface area contributed by atoms with Crippen LogP contribution in [0.1, 0.15) is 13.3 Å². The fraction of sp³-hybridized carbons (Fsp3) is 1.00. The number of sulfonamides is 1. The maximum Gasteiger partial charge on any atom is 0.208 e. The lowest BCUT2D eigenvalue weighted by Crippen LogP contribution is -2.47. The Hall–Kier alpha value is 0.120. The number of halogens is 1. The third-order valence-electron chi connectivity index (χ3n) is 2.85. The Morgan fingerprint density at radius 2 is 2.12 bits per heavy atom. The van der Waals surface area contributed by atoms with Gasteiger partial charge >= 0.3 is 0 Å². The minimum Gasteiger partial charge on any atom is -0.327 e. The van der Waals surface area contributed by atoms with Gasteiger partial charge in [-0.05, 0) is 18.9 Å². The van der Waals surface area contributed by atoms with Crippen LogP contribution in [-0.2, 0) is 10.0 Å². The molecule has 3 N–H and O–H groups in total. The summed E-state index contributed by atoms with van der Waals surface area (Å²) >= 11 is 0. The van der Waals surface area contributed by atoms with Gasteiger partial charge in [0, 0.05) is 25.7 Å². The summed E-state index contributed by atoms with van der Waals surface area (Å²) in [4.78, 5) is 2.26. The molecule has 0 bridgehead atoms. The van der Waals surface area contributed by atoms with E-state index in [1.807, 2.05) is 0 Å². The van der Waals surface area contributed by atoms with Crippen LogP contribution in [0.3, 0.4) is 0 Å². The molecule has 1 rings (SSSR count). The van der Waals surface area contributed by atoms with Gasteiger partial charge in [-0.25, -0.2) is 13.1 Å². The molecule has 1 saturated heterocycles. The normalized spacial score (nSPS) is 27.4. The molecule has 0 aromatic heterocycles. The summed E-state index contributed by atoms with van der Waals surface area (Å²) < 4.78 is 24.2. The molecule has 0 amide bonds. The van der Waals surface area contributed by atoms with E-state index in [9.17, 15) is 8.42 Å². The van der Waals surface area contributed by atoms with E-state index in [0.717, 1.165) is 26.1 Å². The van der Waals surface area contributed by atoms with Gasteiger partial charge in [0.1, 0.15) is 0 Å². The summed E-state index contributed by atoms with van der Waals surface area (Å²) in [5, 5.41) is 0. The fourth-order valence-electron chi connectivity index (χ4n) is 1.84. The van der Waals surface area contributed by atoms with E-state index in [4.69, 9.17) is 5.73 Å². The molecule has 0 radical (unpaired) electrons. The Labute approximate surface area is 104 Å². The third-order valence-corrected chi connectivity index (χ3v) is 3.58. The predicted molar refractivity (Wildman–Crippen MR) is 68.3 cm³/mol. The van der Waals surface area contributed by atoms with Gasteiger partial charge in [-0.3, -0.25) is 0 Å². The first-order valence-corrected chi connectivity index (χ1v) is 7.20. The molecule has 98 valence electrons. The first kappa shape index (κ1) is 16.1. The molecule has 0 aliphatic carbocycles. The quantitative estimate of drug-likeness (QED) is 0.731. The Bertz CT molecular complexity index is 297. The standard InChI is InChI=1S/C9H21N3O2S.ClH/c1-8-7-12(5-3-9(8)10)6-4-11-15(2,13)14;/h8-9,11H,3-7,10H2,1-2H3;1H. The van der Waals surface area contributed by atoms with Crippen molar-refractivity contribution >= 4 is 22.4 Å². The molecule has 2 unspecified atom stereocenters. The molecular formula is C9H22ClN3O2S. The van der Waals surface area contributed by atoms with Crippen LogP contribution in [0.15, 0.2) is 0 Å². The molecule has 0 spiro atoms. The molecule has 0 aromatic carbocycles. The number of likely N-dealkylation sites (tertiary alicyclic amines) is 1. The highest BCUT2D eigenvalue weighted by Crippen LogP contribution is 2.13. The zero-order valence-electron chi connectivity index (χ0n) is 9.85. The molecule has 1 heterocycles. The van der Waals surface area contributed by atoms with E-state index in [-0.39, 0.29) is 12.4 Å². The van der Waals surface area contributed by atoms with Crippen LogP contribution in [0, 0.1) is 5.92 Å². The lowest BCUT2D eigenvalue weighted by Gasteiger charge is -2.34. The van der Waals surface area contributed by atoms with Crippen LogP contribution in [0.4, 0.5) is 0 Å². The lowest BCUT2D eigenvalue weighted by molar-refractivity contribution is 0.167. The van der Waals surface area contributed by atoms with E-state index in [2.05, 4.69) is 16.5 Å². The Kier molecular flexibility index (Phi) is 6.81. The molecule has 2 atom stereocenters. The first-order chi connectivity index (χ1) is 6.88. The van der Waals surface area contributed by atoms with Gasteiger partial charge in [0.15, 0.2) is 0 Å². The number of hydrogen-bond acceptors (Lipinski definition) is 4. The third kappa shape index (κ3) is 6.00. The van der Waals surface area contributed by atoms with E-state index >= 15 is 0 Å². The van der Waals surface area contributed by atoms with Crippen LogP contribution in [0.5, 0.6) is 0 Å². The van der Waals surface area contributed by atoms with Gasteiger partial charge in [-0.2, -0.15) is 0 Å². The van der Waals surface area contributed by atoms with Gasteiger partial charge in [-0.15, -0.1) is 12.4 Å². The molecule has 1 aliphatic heterocycles.